The van der Waals surface area contributed by atoms with Crippen LogP contribution in [0.2, 0.25) is 0 Å². The summed E-state index contributed by atoms with van der Waals surface area (Å²) in [6, 6.07) is 4.90. The van der Waals surface area contributed by atoms with Crippen molar-refractivity contribution in [1.82, 2.24) is 0 Å². The second kappa shape index (κ2) is 17.9. The van der Waals surface area contributed by atoms with Crippen molar-refractivity contribution < 1.29 is 43.7 Å². The third-order valence-corrected chi connectivity index (χ3v) is 19.3. The molecule has 0 fully saturated rings. The van der Waals surface area contributed by atoms with Gasteiger partial charge in [0.2, 0.25) is 0 Å². The molecule has 2 aliphatic rings. The molecule has 2 aliphatic carbocycles. The predicted molar refractivity (Wildman–Crippen MR) is 208 cm³/mol. The quantitative estimate of drug-likeness (QED) is 0.0861. The third-order valence-electron chi connectivity index (χ3n) is 11.4. The molecule has 9 heteroatoms. The van der Waals surface area contributed by atoms with Crippen molar-refractivity contribution in [3.63, 3.8) is 0 Å². The van der Waals surface area contributed by atoms with E-state index in [1.807, 2.05) is 39.8 Å². The van der Waals surface area contributed by atoms with Crippen LogP contribution in [0.3, 0.4) is 0 Å². The molecule has 0 saturated heterocycles. The summed E-state index contributed by atoms with van der Waals surface area (Å²) in [5.74, 6) is -4.34. The van der Waals surface area contributed by atoms with Crippen LogP contribution in [0.5, 0.6) is 0 Å². The first-order valence-corrected chi connectivity index (χ1v) is 22.6. The SMILES string of the molecule is CCCCCN(C(=O)C(C)(C)CC)c1ccc(F)[c]([Ti]([C]2=CC=CC2)([C]2=CC=CC2)[c]2c(F)ccc(N(CCCCC)C(=O)C(C)(C)CC)c2F)c1F. The molecule has 0 radical (unpaired) electrons. The van der Waals surface area contributed by atoms with Crippen molar-refractivity contribution in [1.29, 1.82) is 0 Å². The maximum atomic E-state index is 17.9. The van der Waals surface area contributed by atoms with E-state index >= 15 is 17.6 Å². The first kappa shape index (κ1) is 42.5. The fraction of sp³-hybridized carbons (Fsp3) is 0.500. The van der Waals surface area contributed by atoms with Crippen molar-refractivity contribution in [3.05, 3.63) is 91.7 Å². The number of allylic oxidation sites excluding steroid dienone is 8. The van der Waals surface area contributed by atoms with E-state index in [9.17, 15) is 9.59 Å². The molecule has 0 spiro atoms. The molecule has 0 saturated carbocycles. The molecule has 53 heavy (non-hydrogen) atoms. The molecule has 2 amide bonds. The average Bonchev–Trinajstić information content (AvgIpc) is 3.88. The van der Waals surface area contributed by atoms with Gasteiger partial charge in [-0.25, -0.2) is 0 Å². The standard InChI is InChI=1S/2C17H24F2NO.2C5H5.Ti/c2*1-5-7-8-11-20(16(21)17(3,4)6-2)15-10-9-13(18)12-14(15)19;2*1-2-4-5-3-1;/h2*9-10H,5-8,11H2,1-4H3;2*1-3H,4H2;. The van der Waals surface area contributed by atoms with Gasteiger partial charge in [-0.15, -0.1) is 0 Å². The molecule has 0 atom stereocenters. The fourth-order valence-electron chi connectivity index (χ4n) is 7.35. The molecule has 0 unspecified atom stereocenters. The van der Waals surface area contributed by atoms with Crippen LogP contribution in [0.25, 0.3) is 0 Å². The van der Waals surface area contributed by atoms with E-state index < -0.39 is 50.7 Å². The van der Waals surface area contributed by atoms with Gasteiger partial charge >= 0.3 is 320 Å². The normalized spacial score (nSPS) is 14.5. The minimum absolute atomic E-state index is 0.0878. The van der Waals surface area contributed by atoms with Crippen LogP contribution < -0.4 is 17.5 Å². The Morgan fingerprint density at radius 1 is 0.623 bits per heavy atom. The average molecular weight is 771 g/mol. The van der Waals surface area contributed by atoms with Gasteiger partial charge in [-0.05, 0) is 0 Å². The number of halogens is 4. The predicted octanol–water partition coefficient (Wildman–Crippen LogP) is 11.0. The summed E-state index contributed by atoms with van der Waals surface area (Å²) in [4.78, 5) is 31.1. The molecule has 0 aromatic heterocycles. The van der Waals surface area contributed by atoms with Gasteiger partial charge in [-0.3, -0.25) is 0 Å². The summed E-state index contributed by atoms with van der Waals surface area (Å²) in [5, 5.41) is 0. The van der Waals surface area contributed by atoms with Crippen LogP contribution in [-0.2, 0) is 26.2 Å². The number of hydrogen-bond donors (Lipinski definition) is 0. The Hall–Kier alpha value is -3.23. The molecule has 0 aliphatic heterocycles. The van der Waals surface area contributed by atoms with Crippen LogP contribution in [0.4, 0.5) is 28.9 Å². The van der Waals surface area contributed by atoms with Gasteiger partial charge < -0.3 is 0 Å². The third kappa shape index (κ3) is 8.39. The minimum atomic E-state index is -5.27. The van der Waals surface area contributed by atoms with Crippen LogP contribution in [0.15, 0.2) is 68.5 Å². The molecule has 2 aromatic carbocycles. The summed E-state index contributed by atoms with van der Waals surface area (Å²) in [5.41, 5.74) is -1.85. The first-order valence-electron chi connectivity index (χ1n) is 19.5. The number of benzene rings is 2. The van der Waals surface area contributed by atoms with E-state index in [0.717, 1.165) is 37.8 Å². The van der Waals surface area contributed by atoms with Gasteiger partial charge in [0.15, 0.2) is 0 Å². The van der Waals surface area contributed by atoms with E-state index in [-0.39, 0.29) is 56.9 Å². The molecule has 0 N–H and O–H groups in total. The summed E-state index contributed by atoms with van der Waals surface area (Å²) < 4.78 is 70.1. The maximum absolute atomic E-state index is 17.9. The summed E-state index contributed by atoms with van der Waals surface area (Å²) >= 11 is -5.27. The van der Waals surface area contributed by atoms with Crippen molar-refractivity contribution in [2.75, 3.05) is 22.9 Å². The van der Waals surface area contributed by atoms with E-state index in [1.54, 1.807) is 52.0 Å². The number of nitrogens with zero attached hydrogens (tertiary/aromatic N) is 2. The van der Waals surface area contributed by atoms with Crippen LogP contribution in [-0.4, -0.2) is 24.9 Å². The number of unbranched alkanes of at least 4 members (excludes halogenated alkanes) is 4. The number of anilines is 2. The number of rotatable bonds is 18. The van der Waals surface area contributed by atoms with Crippen molar-refractivity contribution >= 4 is 30.9 Å². The Bertz CT molecular complexity index is 1660. The monoisotopic (exact) mass is 770 g/mol. The second-order valence-corrected chi connectivity index (χ2v) is 21.6. The molecule has 4 rings (SSSR count). The zero-order valence-electron chi connectivity index (χ0n) is 33.0. The van der Waals surface area contributed by atoms with Crippen LogP contribution >= 0.6 is 0 Å². The van der Waals surface area contributed by atoms with Crippen LogP contribution in [0, 0.1) is 34.1 Å². The summed E-state index contributed by atoms with van der Waals surface area (Å²) in [7, 11) is 0. The molecular formula is C44H58F4N2O2Ti. The molecule has 288 valence electrons. The number of carbonyl (C=O) groups excluding carboxylic acids is 2. The summed E-state index contributed by atoms with van der Waals surface area (Å²) in [6.45, 7) is 15.5. The van der Waals surface area contributed by atoms with E-state index in [1.165, 1.54) is 21.9 Å². The Kier molecular flexibility index (Phi) is 14.4. The van der Waals surface area contributed by atoms with Crippen LogP contribution in [0.1, 0.15) is 120 Å². The molecule has 0 bridgehead atoms. The number of amides is 2. The van der Waals surface area contributed by atoms with Gasteiger partial charge in [-0.2, -0.15) is 0 Å². The topological polar surface area (TPSA) is 40.6 Å². The Morgan fingerprint density at radius 3 is 1.30 bits per heavy atom. The number of hydrogen-bond acceptors (Lipinski definition) is 2. The molecular weight excluding hydrogens is 712 g/mol. The van der Waals surface area contributed by atoms with Gasteiger partial charge in [0.25, 0.3) is 0 Å². The van der Waals surface area contributed by atoms with Crippen molar-refractivity contribution in [3.8, 4) is 0 Å². The Labute approximate surface area is 318 Å². The van der Waals surface area contributed by atoms with E-state index in [4.69, 9.17) is 0 Å². The Morgan fingerprint density at radius 2 is 1.00 bits per heavy atom. The van der Waals surface area contributed by atoms with Gasteiger partial charge in [-0.1, -0.05) is 0 Å². The van der Waals surface area contributed by atoms with Gasteiger partial charge in [0.05, 0.1) is 0 Å². The summed E-state index contributed by atoms with van der Waals surface area (Å²) in [6.07, 6.45) is 16.8. The van der Waals surface area contributed by atoms with E-state index in [0.29, 0.717) is 33.4 Å². The van der Waals surface area contributed by atoms with Crippen molar-refractivity contribution in [2.45, 2.75) is 120 Å². The molecule has 2 aromatic rings. The first-order chi connectivity index (χ1) is 25.1. The fourth-order valence-corrected chi connectivity index (χ4v) is 15.6. The second-order valence-electron chi connectivity index (χ2n) is 15.7. The van der Waals surface area contributed by atoms with Crippen molar-refractivity contribution in [2.24, 2.45) is 10.8 Å². The van der Waals surface area contributed by atoms with Gasteiger partial charge in [0, 0.05) is 0 Å². The van der Waals surface area contributed by atoms with E-state index in [2.05, 4.69) is 0 Å². The van der Waals surface area contributed by atoms with Gasteiger partial charge in [0.1, 0.15) is 0 Å². The zero-order valence-corrected chi connectivity index (χ0v) is 34.5. The zero-order chi connectivity index (χ0) is 39.1. The molecule has 0 heterocycles. The number of carbonyl (C=O) groups is 2. The Balaban J connectivity index is 2.14. The molecule has 4 nitrogen and oxygen atoms in total.